The monoisotopic (exact) mass is 444 g/mol. The second-order valence-electron chi connectivity index (χ2n) is 7.75. The van der Waals surface area contributed by atoms with Crippen LogP contribution in [0.3, 0.4) is 0 Å². The molecule has 168 valence electrons. The Morgan fingerprint density at radius 3 is 2.26 bits per heavy atom. The van der Waals surface area contributed by atoms with E-state index in [1.807, 2.05) is 24.3 Å². The van der Waals surface area contributed by atoms with Gasteiger partial charge in [0.15, 0.2) is 15.8 Å². The van der Waals surface area contributed by atoms with E-state index < -0.39 is 9.84 Å². The van der Waals surface area contributed by atoms with Gasteiger partial charge >= 0.3 is 0 Å². The predicted octanol–water partition coefficient (Wildman–Crippen LogP) is 2.60. The van der Waals surface area contributed by atoms with Gasteiger partial charge in [0, 0.05) is 26.4 Å². The van der Waals surface area contributed by atoms with Crippen LogP contribution >= 0.6 is 0 Å². The fourth-order valence-corrected chi connectivity index (χ4v) is 4.42. The third-order valence-corrected chi connectivity index (χ3v) is 6.71. The average molecular weight is 445 g/mol. The number of sulfone groups is 1. The van der Waals surface area contributed by atoms with Crippen LogP contribution < -0.4 is 15.4 Å². The summed E-state index contributed by atoms with van der Waals surface area (Å²) in [5, 5.41) is 6.76. The van der Waals surface area contributed by atoms with Crippen LogP contribution in [0.25, 0.3) is 0 Å². The first kappa shape index (κ1) is 23.1. The smallest absolute Gasteiger partial charge is 0.191 e. The van der Waals surface area contributed by atoms with E-state index in [0.29, 0.717) is 17.4 Å². The van der Waals surface area contributed by atoms with E-state index in [0.717, 1.165) is 30.9 Å². The normalized spacial score (nSPS) is 16.2. The number of ether oxygens (including phenoxy) is 1. The Bertz CT molecular complexity index is 967. The first-order valence-corrected chi connectivity index (χ1v) is 12.4. The number of likely N-dealkylation sites (tertiary alicyclic amines) is 1. The molecular formula is C23H32N4O3S. The lowest BCUT2D eigenvalue weighted by Crippen LogP contribution is -2.42. The minimum Gasteiger partial charge on any atom is -0.497 e. The second-order valence-corrected chi connectivity index (χ2v) is 9.77. The van der Waals surface area contributed by atoms with Crippen molar-refractivity contribution in [3.8, 4) is 5.75 Å². The van der Waals surface area contributed by atoms with Crippen molar-refractivity contribution in [2.75, 3.05) is 40.0 Å². The van der Waals surface area contributed by atoms with Crippen molar-refractivity contribution in [3.05, 3.63) is 59.7 Å². The van der Waals surface area contributed by atoms with Gasteiger partial charge in [-0.25, -0.2) is 8.42 Å². The van der Waals surface area contributed by atoms with Gasteiger partial charge in [0.25, 0.3) is 0 Å². The molecule has 1 aliphatic rings. The molecule has 2 N–H and O–H groups in total. The summed E-state index contributed by atoms with van der Waals surface area (Å²) in [7, 11) is 0.248. The van der Waals surface area contributed by atoms with Crippen LogP contribution in [-0.2, 0) is 16.4 Å². The summed E-state index contributed by atoms with van der Waals surface area (Å²) < 4.78 is 28.5. The van der Waals surface area contributed by atoms with Crippen molar-refractivity contribution >= 4 is 15.8 Å². The van der Waals surface area contributed by atoms with Crippen LogP contribution in [0.4, 0.5) is 0 Å². The highest BCUT2D eigenvalue weighted by molar-refractivity contribution is 7.90. The van der Waals surface area contributed by atoms with Gasteiger partial charge in [-0.1, -0.05) is 24.3 Å². The molecule has 2 aromatic carbocycles. The molecule has 1 saturated heterocycles. The van der Waals surface area contributed by atoms with Crippen LogP contribution in [0.15, 0.2) is 58.4 Å². The van der Waals surface area contributed by atoms with Gasteiger partial charge in [0.2, 0.25) is 0 Å². The minimum atomic E-state index is -3.18. The first-order chi connectivity index (χ1) is 14.9. The quantitative estimate of drug-likeness (QED) is 0.481. The molecule has 0 bridgehead atoms. The summed E-state index contributed by atoms with van der Waals surface area (Å²) in [5.74, 6) is 1.57. The van der Waals surface area contributed by atoms with E-state index in [1.165, 1.54) is 24.7 Å². The number of methoxy groups -OCH3 is 1. The van der Waals surface area contributed by atoms with Crippen molar-refractivity contribution in [3.63, 3.8) is 0 Å². The summed E-state index contributed by atoms with van der Waals surface area (Å²) in [4.78, 5) is 7.17. The number of nitrogens with one attached hydrogen (secondary N) is 2. The van der Waals surface area contributed by atoms with Gasteiger partial charge in [-0.3, -0.25) is 9.89 Å². The largest absolute Gasteiger partial charge is 0.497 e. The van der Waals surface area contributed by atoms with Gasteiger partial charge in [-0.2, -0.15) is 0 Å². The molecule has 1 aliphatic heterocycles. The predicted molar refractivity (Wildman–Crippen MR) is 124 cm³/mol. The molecule has 0 amide bonds. The maximum Gasteiger partial charge on any atom is 0.191 e. The van der Waals surface area contributed by atoms with Gasteiger partial charge in [-0.15, -0.1) is 0 Å². The maximum absolute atomic E-state index is 11.6. The Morgan fingerprint density at radius 1 is 1.06 bits per heavy atom. The Morgan fingerprint density at radius 2 is 1.71 bits per heavy atom. The molecule has 7 nitrogen and oxygen atoms in total. The van der Waals surface area contributed by atoms with E-state index in [4.69, 9.17) is 4.74 Å². The van der Waals surface area contributed by atoms with Crippen molar-refractivity contribution in [1.82, 2.24) is 15.5 Å². The van der Waals surface area contributed by atoms with Gasteiger partial charge in [0.1, 0.15) is 5.75 Å². The van der Waals surface area contributed by atoms with E-state index in [2.05, 4.69) is 32.7 Å². The molecule has 0 saturated carbocycles. The number of aliphatic imine (C=N–C) groups is 1. The summed E-state index contributed by atoms with van der Waals surface area (Å²) in [6.07, 6.45) is 3.66. The summed E-state index contributed by atoms with van der Waals surface area (Å²) in [6.45, 7) is 3.48. The summed E-state index contributed by atoms with van der Waals surface area (Å²) in [6, 6.07) is 15.4. The second kappa shape index (κ2) is 10.6. The molecule has 0 radical (unpaired) electrons. The third kappa shape index (κ3) is 6.45. The highest BCUT2D eigenvalue weighted by Crippen LogP contribution is 2.26. The lowest BCUT2D eigenvalue weighted by atomic mass is 10.1. The standard InChI is InChI=1S/C23H32N4O3S/c1-24-23(25-16-18-6-12-21(13-7-18)31(3,28)29)26-17-22(27-14-4-5-15-27)19-8-10-20(30-2)11-9-19/h6-13,22H,4-5,14-17H2,1-3H3,(H2,24,25,26). The topological polar surface area (TPSA) is 83.0 Å². The molecule has 0 aliphatic carbocycles. The SMILES string of the molecule is CN=C(NCc1ccc(S(C)(=O)=O)cc1)NCC(c1ccc(OC)cc1)N1CCCC1. The number of benzene rings is 2. The maximum atomic E-state index is 11.6. The number of hydrogen-bond acceptors (Lipinski definition) is 5. The van der Waals surface area contributed by atoms with Crippen LogP contribution in [-0.4, -0.2) is 59.3 Å². The zero-order valence-electron chi connectivity index (χ0n) is 18.5. The van der Waals surface area contributed by atoms with Gasteiger partial charge in [0.05, 0.1) is 18.0 Å². The number of rotatable bonds is 8. The first-order valence-electron chi connectivity index (χ1n) is 10.5. The zero-order valence-corrected chi connectivity index (χ0v) is 19.3. The molecule has 1 fully saturated rings. The van der Waals surface area contributed by atoms with E-state index >= 15 is 0 Å². The Hall–Kier alpha value is -2.58. The Balaban J connectivity index is 1.61. The van der Waals surface area contributed by atoms with Crippen molar-refractivity contribution in [1.29, 1.82) is 0 Å². The molecule has 8 heteroatoms. The molecule has 31 heavy (non-hydrogen) atoms. The van der Waals surface area contributed by atoms with Crippen molar-refractivity contribution in [2.45, 2.75) is 30.3 Å². The van der Waals surface area contributed by atoms with Gasteiger partial charge < -0.3 is 15.4 Å². The lowest BCUT2D eigenvalue weighted by Gasteiger charge is -2.29. The molecule has 0 spiro atoms. The molecule has 2 aromatic rings. The number of nitrogens with zero attached hydrogens (tertiary/aromatic N) is 2. The van der Waals surface area contributed by atoms with Crippen LogP contribution in [0.1, 0.15) is 30.0 Å². The van der Waals surface area contributed by atoms with Crippen molar-refractivity contribution < 1.29 is 13.2 Å². The summed E-state index contributed by atoms with van der Waals surface area (Å²) >= 11 is 0. The molecule has 1 heterocycles. The van der Waals surface area contributed by atoms with E-state index in [9.17, 15) is 8.42 Å². The fourth-order valence-electron chi connectivity index (χ4n) is 3.79. The molecular weight excluding hydrogens is 412 g/mol. The molecule has 1 atom stereocenters. The highest BCUT2D eigenvalue weighted by Gasteiger charge is 2.23. The van der Waals surface area contributed by atoms with E-state index in [-0.39, 0.29) is 6.04 Å². The zero-order chi connectivity index (χ0) is 22.3. The number of guanidine groups is 1. The number of hydrogen-bond donors (Lipinski definition) is 2. The lowest BCUT2D eigenvalue weighted by molar-refractivity contribution is 0.245. The fraction of sp³-hybridized carbons (Fsp3) is 0.435. The Kier molecular flexibility index (Phi) is 7.92. The molecule has 3 rings (SSSR count). The molecule has 0 aromatic heterocycles. The van der Waals surface area contributed by atoms with Crippen LogP contribution in [0.5, 0.6) is 5.75 Å². The minimum absolute atomic E-state index is 0.251. The van der Waals surface area contributed by atoms with Crippen LogP contribution in [0, 0.1) is 0 Å². The van der Waals surface area contributed by atoms with Crippen LogP contribution in [0.2, 0.25) is 0 Å². The Labute approximate surface area is 185 Å². The van der Waals surface area contributed by atoms with Gasteiger partial charge in [-0.05, 0) is 61.3 Å². The van der Waals surface area contributed by atoms with Crippen molar-refractivity contribution in [2.24, 2.45) is 4.99 Å². The highest BCUT2D eigenvalue weighted by atomic mass is 32.2. The average Bonchev–Trinajstić information content (AvgIpc) is 3.30. The summed E-state index contributed by atoms with van der Waals surface area (Å²) in [5.41, 5.74) is 2.24. The molecule has 1 unspecified atom stereocenters. The third-order valence-electron chi connectivity index (χ3n) is 5.58. The van der Waals surface area contributed by atoms with E-state index in [1.54, 1.807) is 26.3 Å².